The van der Waals surface area contributed by atoms with E-state index < -0.39 is 0 Å². The van der Waals surface area contributed by atoms with E-state index >= 15 is 0 Å². The molecule has 0 radical (unpaired) electrons. The van der Waals surface area contributed by atoms with Crippen LogP contribution in [-0.2, 0) is 0 Å². The SMILES string of the molecule is CN(CCCNc1ccc(Cl)cn1)c1ccccc1. The second-order valence-corrected chi connectivity index (χ2v) is 4.84. The lowest BCUT2D eigenvalue weighted by Gasteiger charge is -2.19. The number of benzene rings is 1. The van der Waals surface area contributed by atoms with Crippen molar-refractivity contribution in [2.75, 3.05) is 30.4 Å². The zero-order valence-corrected chi connectivity index (χ0v) is 11.8. The number of nitrogens with one attached hydrogen (secondary N) is 1. The Morgan fingerprint density at radius 1 is 1.16 bits per heavy atom. The highest BCUT2D eigenvalue weighted by molar-refractivity contribution is 6.30. The molecule has 0 aliphatic rings. The van der Waals surface area contributed by atoms with Crippen molar-refractivity contribution in [3.05, 3.63) is 53.7 Å². The minimum atomic E-state index is 0.661. The second kappa shape index (κ2) is 7.00. The van der Waals surface area contributed by atoms with Crippen molar-refractivity contribution >= 4 is 23.1 Å². The Kier molecular flexibility index (Phi) is 5.04. The molecule has 1 N–H and O–H groups in total. The van der Waals surface area contributed by atoms with Gasteiger partial charge in [-0.2, -0.15) is 0 Å². The van der Waals surface area contributed by atoms with Crippen LogP contribution >= 0.6 is 11.6 Å². The minimum Gasteiger partial charge on any atom is -0.375 e. The summed E-state index contributed by atoms with van der Waals surface area (Å²) < 4.78 is 0. The van der Waals surface area contributed by atoms with Crippen LogP contribution in [0.2, 0.25) is 5.02 Å². The summed E-state index contributed by atoms with van der Waals surface area (Å²) in [7, 11) is 2.11. The van der Waals surface area contributed by atoms with E-state index in [0.717, 1.165) is 25.3 Å². The van der Waals surface area contributed by atoms with Crippen molar-refractivity contribution in [2.24, 2.45) is 0 Å². The molecule has 0 aliphatic carbocycles. The Labute approximate surface area is 119 Å². The normalized spacial score (nSPS) is 10.2. The Hall–Kier alpha value is -1.74. The predicted molar refractivity (Wildman–Crippen MR) is 82.1 cm³/mol. The third-order valence-electron chi connectivity index (χ3n) is 2.90. The van der Waals surface area contributed by atoms with Gasteiger partial charge in [0.15, 0.2) is 0 Å². The van der Waals surface area contributed by atoms with Gasteiger partial charge in [0.25, 0.3) is 0 Å². The Morgan fingerprint density at radius 2 is 1.95 bits per heavy atom. The van der Waals surface area contributed by atoms with Crippen LogP contribution in [0, 0.1) is 0 Å². The van der Waals surface area contributed by atoms with Gasteiger partial charge in [0.05, 0.1) is 5.02 Å². The fraction of sp³-hybridized carbons (Fsp3) is 0.267. The molecule has 1 aromatic carbocycles. The molecule has 1 heterocycles. The standard InChI is InChI=1S/C15H18ClN3/c1-19(14-6-3-2-4-7-14)11-5-10-17-15-9-8-13(16)12-18-15/h2-4,6-9,12H,5,10-11H2,1H3,(H,17,18). The first-order valence-electron chi connectivity index (χ1n) is 6.37. The molecule has 0 saturated heterocycles. The predicted octanol–water partition coefficient (Wildman–Crippen LogP) is 3.67. The largest absolute Gasteiger partial charge is 0.375 e. The summed E-state index contributed by atoms with van der Waals surface area (Å²) in [6.45, 7) is 1.90. The molecule has 0 bridgehead atoms. The lowest BCUT2D eigenvalue weighted by Crippen LogP contribution is -2.20. The molecule has 0 atom stereocenters. The van der Waals surface area contributed by atoms with Crippen LogP contribution in [0.15, 0.2) is 48.7 Å². The summed E-state index contributed by atoms with van der Waals surface area (Å²) in [5.74, 6) is 0.867. The molecular weight excluding hydrogens is 258 g/mol. The first-order valence-corrected chi connectivity index (χ1v) is 6.75. The van der Waals surface area contributed by atoms with E-state index in [1.807, 2.05) is 18.2 Å². The van der Waals surface area contributed by atoms with Crippen molar-refractivity contribution in [1.82, 2.24) is 4.98 Å². The van der Waals surface area contributed by atoms with Crippen molar-refractivity contribution < 1.29 is 0 Å². The van der Waals surface area contributed by atoms with Gasteiger partial charge in [-0.1, -0.05) is 29.8 Å². The highest BCUT2D eigenvalue weighted by Gasteiger charge is 1.99. The number of para-hydroxylation sites is 1. The van der Waals surface area contributed by atoms with Crippen LogP contribution in [0.1, 0.15) is 6.42 Å². The molecular formula is C15H18ClN3. The number of aromatic nitrogens is 1. The van der Waals surface area contributed by atoms with Crippen LogP contribution in [0.25, 0.3) is 0 Å². The van der Waals surface area contributed by atoms with E-state index in [1.54, 1.807) is 6.20 Å². The third kappa shape index (κ3) is 4.45. The van der Waals surface area contributed by atoms with Crippen LogP contribution in [0.4, 0.5) is 11.5 Å². The Bertz CT molecular complexity index is 485. The summed E-state index contributed by atoms with van der Waals surface area (Å²) in [5, 5.41) is 3.94. The van der Waals surface area contributed by atoms with Gasteiger partial charge in [0.1, 0.15) is 5.82 Å². The number of hydrogen-bond acceptors (Lipinski definition) is 3. The molecule has 3 nitrogen and oxygen atoms in total. The fourth-order valence-corrected chi connectivity index (χ4v) is 1.94. The van der Waals surface area contributed by atoms with Gasteiger partial charge in [0.2, 0.25) is 0 Å². The molecule has 0 unspecified atom stereocenters. The van der Waals surface area contributed by atoms with Crippen molar-refractivity contribution in [2.45, 2.75) is 6.42 Å². The average molecular weight is 276 g/mol. The van der Waals surface area contributed by atoms with Crippen molar-refractivity contribution in [3.8, 4) is 0 Å². The zero-order valence-electron chi connectivity index (χ0n) is 11.0. The highest BCUT2D eigenvalue weighted by atomic mass is 35.5. The number of nitrogens with zero attached hydrogens (tertiary/aromatic N) is 2. The molecule has 4 heteroatoms. The van der Waals surface area contributed by atoms with Gasteiger partial charge >= 0.3 is 0 Å². The van der Waals surface area contributed by atoms with Gasteiger partial charge in [-0.3, -0.25) is 0 Å². The van der Waals surface area contributed by atoms with Crippen LogP contribution in [-0.4, -0.2) is 25.1 Å². The maximum Gasteiger partial charge on any atom is 0.125 e. The molecule has 100 valence electrons. The molecule has 19 heavy (non-hydrogen) atoms. The molecule has 1 aromatic heterocycles. The van der Waals surface area contributed by atoms with E-state index in [-0.39, 0.29) is 0 Å². The van der Waals surface area contributed by atoms with Crippen LogP contribution < -0.4 is 10.2 Å². The molecule has 0 fully saturated rings. The minimum absolute atomic E-state index is 0.661. The highest BCUT2D eigenvalue weighted by Crippen LogP contribution is 2.12. The summed E-state index contributed by atoms with van der Waals surface area (Å²) in [4.78, 5) is 6.44. The van der Waals surface area contributed by atoms with Crippen LogP contribution in [0.3, 0.4) is 0 Å². The Balaban J connectivity index is 1.71. The van der Waals surface area contributed by atoms with Crippen LogP contribution in [0.5, 0.6) is 0 Å². The maximum absolute atomic E-state index is 5.79. The lowest BCUT2D eigenvalue weighted by molar-refractivity contribution is 0.814. The van der Waals surface area contributed by atoms with Crippen molar-refractivity contribution in [1.29, 1.82) is 0 Å². The van der Waals surface area contributed by atoms with Gasteiger partial charge in [-0.05, 0) is 30.7 Å². The fourth-order valence-electron chi connectivity index (χ4n) is 1.82. The van der Waals surface area contributed by atoms with E-state index in [1.165, 1.54) is 5.69 Å². The summed E-state index contributed by atoms with van der Waals surface area (Å²) in [6.07, 6.45) is 2.70. The number of rotatable bonds is 6. The number of anilines is 2. The van der Waals surface area contributed by atoms with Gasteiger partial charge < -0.3 is 10.2 Å². The van der Waals surface area contributed by atoms with Gasteiger partial charge in [0, 0.05) is 32.0 Å². The van der Waals surface area contributed by atoms with Gasteiger partial charge in [-0.15, -0.1) is 0 Å². The molecule has 2 aromatic rings. The molecule has 0 amide bonds. The first-order chi connectivity index (χ1) is 9.25. The Morgan fingerprint density at radius 3 is 2.63 bits per heavy atom. The second-order valence-electron chi connectivity index (χ2n) is 4.40. The average Bonchev–Trinajstić information content (AvgIpc) is 2.46. The van der Waals surface area contributed by atoms with E-state index in [0.29, 0.717) is 5.02 Å². The number of pyridine rings is 1. The molecule has 0 saturated carbocycles. The summed E-state index contributed by atoms with van der Waals surface area (Å²) >= 11 is 5.79. The van der Waals surface area contributed by atoms with E-state index in [9.17, 15) is 0 Å². The summed E-state index contributed by atoms with van der Waals surface area (Å²) in [5.41, 5.74) is 1.24. The third-order valence-corrected chi connectivity index (χ3v) is 3.12. The first kappa shape index (κ1) is 13.7. The monoisotopic (exact) mass is 275 g/mol. The molecule has 0 aliphatic heterocycles. The van der Waals surface area contributed by atoms with E-state index in [2.05, 4.69) is 46.5 Å². The number of halogens is 1. The maximum atomic E-state index is 5.79. The van der Waals surface area contributed by atoms with E-state index in [4.69, 9.17) is 11.6 Å². The quantitative estimate of drug-likeness (QED) is 0.815. The molecule has 2 rings (SSSR count). The summed E-state index contributed by atoms with van der Waals surface area (Å²) in [6, 6.07) is 14.1. The van der Waals surface area contributed by atoms with Crippen molar-refractivity contribution in [3.63, 3.8) is 0 Å². The van der Waals surface area contributed by atoms with Gasteiger partial charge in [-0.25, -0.2) is 4.98 Å². The number of hydrogen-bond donors (Lipinski definition) is 1. The smallest absolute Gasteiger partial charge is 0.125 e. The molecule has 0 spiro atoms. The lowest BCUT2D eigenvalue weighted by atomic mass is 10.3. The zero-order chi connectivity index (χ0) is 13.5. The topological polar surface area (TPSA) is 28.2 Å².